The van der Waals surface area contributed by atoms with Crippen LogP contribution in [0.4, 0.5) is 16.6 Å². The molecule has 1 saturated heterocycles. The Labute approximate surface area is 226 Å². The zero-order chi connectivity index (χ0) is 26.7. The van der Waals surface area contributed by atoms with Gasteiger partial charge < -0.3 is 19.9 Å². The molecule has 200 valence electrons. The average Bonchev–Trinajstić information content (AvgIpc) is 2.97. The van der Waals surface area contributed by atoms with Gasteiger partial charge in [-0.3, -0.25) is 4.21 Å². The maximum absolute atomic E-state index is 12.8. The molecule has 9 heteroatoms. The van der Waals surface area contributed by atoms with Crippen LogP contribution >= 0.6 is 0 Å². The first-order valence-electron chi connectivity index (χ1n) is 13.3. The van der Waals surface area contributed by atoms with E-state index < -0.39 is 16.4 Å². The number of rotatable bonds is 3. The number of likely N-dealkylation sites (tertiary alicyclic amines) is 1. The van der Waals surface area contributed by atoms with Gasteiger partial charge in [-0.2, -0.15) is 4.98 Å². The van der Waals surface area contributed by atoms with Gasteiger partial charge in [0.05, 0.1) is 16.3 Å². The summed E-state index contributed by atoms with van der Waals surface area (Å²) in [5.41, 5.74) is 2.82. The van der Waals surface area contributed by atoms with Crippen LogP contribution in [-0.2, 0) is 22.1 Å². The van der Waals surface area contributed by atoms with Gasteiger partial charge in [0.15, 0.2) is 0 Å². The Morgan fingerprint density at radius 1 is 1.13 bits per heavy atom. The summed E-state index contributed by atoms with van der Waals surface area (Å²) in [6, 6.07) is 14.5. The Hall–Kier alpha value is -3.20. The lowest BCUT2D eigenvalue weighted by molar-refractivity contribution is -0.0738. The monoisotopic (exact) mass is 533 g/mol. The Balaban J connectivity index is 1.20. The summed E-state index contributed by atoms with van der Waals surface area (Å²) in [5.74, 6) is 2.05. The summed E-state index contributed by atoms with van der Waals surface area (Å²) < 4.78 is 18.3. The van der Waals surface area contributed by atoms with Crippen LogP contribution in [0.1, 0.15) is 44.7 Å². The fourth-order valence-corrected chi connectivity index (χ4v) is 7.12. The van der Waals surface area contributed by atoms with Gasteiger partial charge in [-0.1, -0.05) is 29.8 Å². The third kappa shape index (κ3) is 4.84. The van der Waals surface area contributed by atoms with E-state index in [-0.39, 0.29) is 11.5 Å². The Kier molecular flexibility index (Phi) is 6.09. The third-order valence-electron chi connectivity index (χ3n) is 7.65. The van der Waals surface area contributed by atoms with Crippen LogP contribution < -0.4 is 10.2 Å². The molecule has 3 aromatic rings. The largest absolute Gasteiger partial charge is 0.444 e. The van der Waals surface area contributed by atoms with Gasteiger partial charge in [0.25, 0.3) is 0 Å². The summed E-state index contributed by atoms with van der Waals surface area (Å²) in [6.07, 6.45) is 1.77. The number of hydrogen-bond donors (Lipinski definition) is 1. The number of hydrogen-bond acceptors (Lipinski definition) is 7. The van der Waals surface area contributed by atoms with Gasteiger partial charge in [-0.15, -0.1) is 0 Å². The number of nitrogens with one attached hydrogen (secondary N) is 1. The van der Waals surface area contributed by atoms with Crippen molar-refractivity contribution in [3.63, 3.8) is 0 Å². The second-order valence-corrected chi connectivity index (χ2v) is 13.6. The lowest BCUT2D eigenvalue weighted by Crippen LogP contribution is -2.66. The molecule has 1 atom stereocenters. The van der Waals surface area contributed by atoms with Crippen LogP contribution in [0.5, 0.6) is 0 Å². The van der Waals surface area contributed by atoms with Crippen molar-refractivity contribution in [1.29, 1.82) is 0 Å². The van der Waals surface area contributed by atoms with Gasteiger partial charge in [0.2, 0.25) is 5.95 Å². The maximum Gasteiger partial charge on any atom is 0.410 e. The first kappa shape index (κ1) is 25.1. The topological polar surface area (TPSA) is 87.7 Å². The Morgan fingerprint density at radius 3 is 2.66 bits per heavy atom. The van der Waals surface area contributed by atoms with E-state index in [4.69, 9.17) is 14.7 Å². The number of carbonyl (C=O) groups excluding carboxylic acids is 1. The number of nitrogens with zero attached hydrogens (tertiary/aromatic N) is 4. The number of benzene rings is 2. The molecule has 1 spiro atoms. The van der Waals surface area contributed by atoms with Crippen LogP contribution in [0.25, 0.3) is 10.9 Å². The number of amides is 1. The Morgan fingerprint density at radius 2 is 1.89 bits per heavy atom. The summed E-state index contributed by atoms with van der Waals surface area (Å²) in [5, 5.41) is 4.72. The van der Waals surface area contributed by atoms with Gasteiger partial charge in [-0.05, 0) is 64.3 Å². The molecule has 1 saturated carbocycles. The first-order chi connectivity index (χ1) is 18.1. The molecule has 3 aliphatic rings. The third-order valence-corrected chi connectivity index (χ3v) is 9.09. The molecule has 2 aromatic carbocycles. The molecule has 1 amide bonds. The highest BCUT2D eigenvalue weighted by Crippen LogP contribution is 2.49. The van der Waals surface area contributed by atoms with Crippen molar-refractivity contribution in [2.24, 2.45) is 5.41 Å². The van der Waals surface area contributed by atoms with Gasteiger partial charge in [0.1, 0.15) is 11.4 Å². The van der Waals surface area contributed by atoms with E-state index in [1.807, 2.05) is 49.9 Å². The van der Waals surface area contributed by atoms with Crippen molar-refractivity contribution in [3.05, 3.63) is 53.6 Å². The van der Waals surface area contributed by atoms with E-state index >= 15 is 0 Å². The van der Waals surface area contributed by atoms with E-state index in [2.05, 4.69) is 35.3 Å². The second-order valence-electron chi connectivity index (χ2n) is 12.1. The molecular formula is C29H35N5O3S. The minimum absolute atomic E-state index is 0.175. The predicted molar refractivity (Wildman–Crippen MR) is 150 cm³/mol. The van der Waals surface area contributed by atoms with Crippen LogP contribution in [0.3, 0.4) is 0 Å². The van der Waals surface area contributed by atoms with Crippen LogP contribution in [-0.4, -0.2) is 62.2 Å². The molecule has 0 radical (unpaired) electrons. The maximum atomic E-state index is 12.8. The van der Waals surface area contributed by atoms with E-state index in [0.717, 1.165) is 58.7 Å². The normalized spacial score (nSPS) is 20.9. The number of carbonyl (C=O) groups is 1. The summed E-state index contributed by atoms with van der Waals surface area (Å²) in [4.78, 5) is 27.2. The highest BCUT2D eigenvalue weighted by Gasteiger charge is 2.54. The smallest absolute Gasteiger partial charge is 0.410 e. The number of aryl methyl sites for hydroxylation is 1. The average molecular weight is 534 g/mol. The molecule has 1 unspecified atom stereocenters. The second kappa shape index (κ2) is 9.22. The number of anilines is 2. The van der Waals surface area contributed by atoms with E-state index in [1.165, 1.54) is 0 Å². The minimum Gasteiger partial charge on any atom is -0.444 e. The highest BCUT2D eigenvalue weighted by atomic mass is 32.2. The van der Waals surface area contributed by atoms with E-state index in [0.29, 0.717) is 30.8 Å². The van der Waals surface area contributed by atoms with Crippen molar-refractivity contribution in [1.82, 2.24) is 14.9 Å². The van der Waals surface area contributed by atoms with Crippen molar-refractivity contribution >= 4 is 39.6 Å². The zero-order valence-electron chi connectivity index (χ0n) is 22.5. The summed E-state index contributed by atoms with van der Waals surface area (Å²) in [7, 11) is -1.03. The van der Waals surface area contributed by atoms with Crippen molar-refractivity contribution < 1.29 is 13.7 Å². The molecule has 3 heterocycles. The fraction of sp³-hybridized carbons (Fsp3) is 0.483. The molecular weight excluding hydrogens is 498 g/mol. The van der Waals surface area contributed by atoms with Crippen molar-refractivity contribution in [2.75, 3.05) is 35.6 Å². The lowest BCUT2D eigenvalue weighted by Gasteiger charge is -2.58. The summed E-state index contributed by atoms with van der Waals surface area (Å²) in [6.45, 7) is 10.5. The summed E-state index contributed by atoms with van der Waals surface area (Å²) >= 11 is 0. The molecule has 2 aliphatic heterocycles. The highest BCUT2D eigenvalue weighted by molar-refractivity contribution is 7.85. The quantitative estimate of drug-likeness (QED) is 0.514. The van der Waals surface area contributed by atoms with Gasteiger partial charge in [0, 0.05) is 53.7 Å². The molecule has 1 aliphatic carbocycles. The lowest BCUT2D eigenvalue weighted by atomic mass is 9.61. The van der Waals surface area contributed by atoms with E-state index in [1.54, 1.807) is 0 Å². The molecule has 1 aromatic heterocycles. The van der Waals surface area contributed by atoms with Crippen LogP contribution in [0.2, 0.25) is 0 Å². The SMILES string of the molecule is Cc1ccc2nc(N3CCS(=O)c4ccccc4C3)nc(NC3CC4(C3)CN(C(=O)OC(C)(C)C)C4)c2c1. The number of ether oxygens (including phenoxy) is 1. The van der Waals surface area contributed by atoms with Crippen molar-refractivity contribution in [3.8, 4) is 0 Å². The molecule has 2 fully saturated rings. The fourth-order valence-electron chi connectivity index (χ4n) is 5.85. The molecule has 8 nitrogen and oxygen atoms in total. The zero-order valence-corrected chi connectivity index (χ0v) is 23.3. The van der Waals surface area contributed by atoms with Crippen molar-refractivity contribution in [2.45, 2.75) is 63.6 Å². The molecule has 6 rings (SSSR count). The minimum atomic E-state index is -1.03. The van der Waals surface area contributed by atoms with Crippen LogP contribution in [0, 0.1) is 12.3 Å². The van der Waals surface area contributed by atoms with E-state index in [9.17, 15) is 9.00 Å². The molecule has 0 bridgehead atoms. The number of fused-ring (bicyclic) bond motifs is 2. The van der Waals surface area contributed by atoms with Gasteiger partial charge in [-0.25, -0.2) is 9.78 Å². The van der Waals surface area contributed by atoms with Gasteiger partial charge >= 0.3 is 6.09 Å². The molecule has 38 heavy (non-hydrogen) atoms. The molecule has 1 N–H and O–H groups in total. The predicted octanol–water partition coefficient (Wildman–Crippen LogP) is 4.88. The number of aromatic nitrogens is 2. The Bertz CT molecular complexity index is 1420. The van der Waals surface area contributed by atoms with Crippen LogP contribution in [0.15, 0.2) is 47.4 Å². The standard InChI is InChI=1S/C29H35N5O3S/c1-19-9-10-23-22(13-19)25(30-21-14-29(15-21)17-34(18-29)27(35)37-28(2,3)4)32-26(31-23)33-11-12-38(36)24-8-6-5-7-20(24)16-33/h5-10,13,21H,11-12,14-18H2,1-4H3,(H,30,31,32). The first-order valence-corrected chi connectivity index (χ1v) is 14.6.